The quantitative estimate of drug-likeness (QED) is 0.850. The van der Waals surface area contributed by atoms with Crippen molar-refractivity contribution < 1.29 is 13.6 Å². The molecule has 0 spiro atoms. The van der Waals surface area contributed by atoms with Crippen LogP contribution in [0.1, 0.15) is 27.2 Å². The van der Waals surface area contributed by atoms with E-state index < -0.39 is 11.6 Å². The Bertz CT molecular complexity index is 433. The average Bonchev–Trinajstić information content (AvgIpc) is 2.30. The number of rotatable bonds is 5. The molecule has 0 aliphatic rings. The summed E-state index contributed by atoms with van der Waals surface area (Å²) in [5.41, 5.74) is -0.321. The lowest BCUT2D eigenvalue weighted by Gasteiger charge is -2.24. The second kappa shape index (κ2) is 5.80. The number of nitrogens with one attached hydrogen (secondary N) is 2. The van der Waals surface area contributed by atoms with Crippen LogP contribution in [0.3, 0.4) is 0 Å². The molecular weight excluding hydrogens is 238 g/mol. The molecule has 0 unspecified atom stereocenters. The van der Waals surface area contributed by atoms with Gasteiger partial charge in [-0.25, -0.2) is 8.78 Å². The minimum absolute atomic E-state index is 0.0144. The van der Waals surface area contributed by atoms with E-state index in [0.717, 1.165) is 24.6 Å². The summed E-state index contributed by atoms with van der Waals surface area (Å²) in [6, 6.07) is 3.07. The molecule has 100 valence electrons. The van der Waals surface area contributed by atoms with Crippen LogP contribution >= 0.6 is 0 Å². The molecule has 0 atom stereocenters. The molecule has 3 nitrogen and oxygen atoms in total. The second-order valence-corrected chi connectivity index (χ2v) is 4.76. The van der Waals surface area contributed by atoms with E-state index in [-0.39, 0.29) is 23.7 Å². The Morgan fingerprint density at radius 1 is 1.33 bits per heavy atom. The van der Waals surface area contributed by atoms with Crippen molar-refractivity contribution in [3.05, 3.63) is 29.8 Å². The number of halogens is 2. The van der Waals surface area contributed by atoms with Crippen molar-refractivity contribution in [1.82, 2.24) is 5.32 Å². The Morgan fingerprint density at radius 2 is 2.00 bits per heavy atom. The van der Waals surface area contributed by atoms with Crippen LogP contribution < -0.4 is 10.6 Å². The number of hydrogen-bond donors (Lipinski definition) is 2. The Morgan fingerprint density at radius 3 is 2.61 bits per heavy atom. The predicted octanol–water partition coefficient (Wildman–Crippen LogP) is 2.68. The van der Waals surface area contributed by atoms with Crippen LogP contribution in [0.2, 0.25) is 0 Å². The molecule has 0 radical (unpaired) electrons. The molecular formula is C13H18F2N2O. The van der Waals surface area contributed by atoms with Gasteiger partial charge in [-0.05, 0) is 38.5 Å². The van der Waals surface area contributed by atoms with Crippen LogP contribution in [-0.2, 0) is 4.79 Å². The van der Waals surface area contributed by atoms with Crippen molar-refractivity contribution in [1.29, 1.82) is 0 Å². The molecule has 0 saturated carbocycles. The number of carbonyl (C=O) groups is 1. The lowest BCUT2D eigenvalue weighted by atomic mass is 10.0. The predicted molar refractivity (Wildman–Crippen MR) is 67.4 cm³/mol. The maximum atomic E-state index is 13.3. The van der Waals surface area contributed by atoms with E-state index in [1.165, 1.54) is 0 Å². The molecule has 1 amide bonds. The minimum atomic E-state index is -0.584. The van der Waals surface area contributed by atoms with Crippen LogP contribution in [0.15, 0.2) is 18.2 Å². The Labute approximate surface area is 106 Å². The van der Waals surface area contributed by atoms with Gasteiger partial charge in [-0.1, -0.05) is 6.92 Å². The molecule has 0 fully saturated rings. The zero-order chi connectivity index (χ0) is 13.8. The highest BCUT2D eigenvalue weighted by molar-refractivity contribution is 5.81. The second-order valence-electron chi connectivity index (χ2n) is 4.76. The van der Waals surface area contributed by atoms with Gasteiger partial charge in [-0.3, -0.25) is 4.79 Å². The van der Waals surface area contributed by atoms with Gasteiger partial charge < -0.3 is 10.6 Å². The third kappa shape index (κ3) is 4.31. The lowest BCUT2D eigenvalue weighted by Crippen LogP contribution is -2.45. The first-order valence-corrected chi connectivity index (χ1v) is 5.84. The van der Waals surface area contributed by atoms with E-state index in [1.807, 2.05) is 20.8 Å². The monoisotopic (exact) mass is 256 g/mol. The highest BCUT2D eigenvalue weighted by Crippen LogP contribution is 2.14. The zero-order valence-electron chi connectivity index (χ0n) is 10.8. The van der Waals surface area contributed by atoms with Gasteiger partial charge in [0.2, 0.25) is 5.91 Å². The maximum Gasteiger partial charge on any atom is 0.239 e. The molecule has 0 aromatic heterocycles. The van der Waals surface area contributed by atoms with Gasteiger partial charge in [0.05, 0.1) is 12.2 Å². The summed E-state index contributed by atoms with van der Waals surface area (Å²) in [6.07, 6.45) is 0.785. The first kappa shape index (κ1) is 14.4. The maximum absolute atomic E-state index is 13.3. The van der Waals surface area contributed by atoms with Gasteiger partial charge >= 0.3 is 0 Å². The van der Waals surface area contributed by atoms with Gasteiger partial charge in [0.15, 0.2) is 0 Å². The van der Waals surface area contributed by atoms with Crippen LogP contribution in [0.25, 0.3) is 0 Å². The van der Waals surface area contributed by atoms with E-state index in [1.54, 1.807) is 0 Å². The van der Waals surface area contributed by atoms with Crippen molar-refractivity contribution in [3.8, 4) is 0 Å². The highest BCUT2D eigenvalue weighted by Gasteiger charge is 2.17. The van der Waals surface area contributed by atoms with E-state index in [2.05, 4.69) is 10.6 Å². The standard InChI is InChI=1S/C13H18F2N2O/c1-4-13(2,3)17-12(18)8-16-11-7-9(14)5-6-10(11)15/h5-7,16H,4,8H2,1-3H3,(H,17,18). The average molecular weight is 256 g/mol. The zero-order valence-corrected chi connectivity index (χ0v) is 10.8. The normalized spacial score (nSPS) is 11.2. The van der Waals surface area contributed by atoms with E-state index in [9.17, 15) is 13.6 Å². The number of amides is 1. The van der Waals surface area contributed by atoms with E-state index in [4.69, 9.17) is 0 Å². The van der Waals surface area contributed by atoms with E-state index in [0.29, 0.717) is 0 Å². The fourth-order valence-corrected chi connectivity index (χ4v) is 1.32. The molecule has 0 aliphatic heterocycles. The van der Waals surface area contributed by atoms with Crippen LogP contribution in [0.4, 0.5) is 14.5 Å². The highest BCUT2D eigenvalue weighted by atomic mass is 19.1. The minimum Gasteiger partial charge on any atom is -0.374 e. The molecule has 0 heterocycles. The third-order valence-corrected chi connectivity index (χ3v) is 2.73. The first-order chi connectivity index (χ1) is 8.34. The summed E-state index contributed by atoms with van der Waals surface area (Å²) in [5, 5.41) is 5.37. The van der Waals surface area contributed by atoms with Crippen LogP contribution in [0.5, 0.6) is 0 Å². The number of hydrogen-bond acceptors (Lipinski definition) is 2. The Balaban J connectivity index is 2.55. The summed E-state index contributed by atoms with van der Waals surface area (Å²) in [7, 11) is 0. The van der Waals surface area contributed by atoms with Crippen LogP contribution in [0, 0.1) is 11.6 Å². The molecule has 0 saturated heterocycles. The summed E-state index contributed by atoms with van der Waals surface area (Å²) in [4.78, 5) is 11.6. The molecule has 0 aliphatic carbocycles. The van der Waals surface area contributed by atoms with Crippen molar-refractivity contribution in [2.45, 2.75) is 32.7 Å². The smallest absolute Gasteiger partial charge is 0.239 e. The van der Waals surface area contributed by atoms with Crippen molar-refractivity contribution in [2.75, 3.05) is 11.9 Å². The third-order valence-electron chi connectivity index (χ3n) is 2.73. The van der Waals surface area contributed by atoms with Gasteiger partial charge in [-0.2, -0.15) is 0 Å². The molecule has 5 heteroatoms. The summed E-state index contributed by atoms with van der Waals surface area (Å²) >= 11 is 0. The van der Waals surface area contributed by atoms with Crippen molar-refractivity contribution >= 4 is 11.6 Å². The largest absolute Gasteiger partial charge is 0.374 e. The summed E-state index contributed by atoms with van der Waals surface area (Å²) in [5.74, 6) is -1.39. The molecule has 2 N–H and O–H groups in total. The van der Waals surface area contributed by atoms with Crippen molar-refractivity contribution in [2.24, 2.45) is 0 Å². The van der Waals surface area contributed by atoms with Crippen molar-refractivity contribution in [3.63, 3.8) is 0 Å². The molecule has 1 aromatic carbocycles. The Kier molecular flexibility index (Phi) is 4.64. The lowest BCUT2D eigenvalue weighted by molar-refractivity contribution is -0.121. The number of carbonyl (C=O) groups excluding carboxylic acids is 1. The number of benzene rings is 1. The molecule has 18 heavy (non-hydrogen) atoms. The fraction of sp³-hybridized carbons (Fsp3) is 0.462. The first-order valence-electron chi connectivity index (χ1n) is 5.84. The van der Waals surface area contributed by atoms with Crippen LogP contribution in [-0.4, -0.2) is 18.0 Å². The van der Waals surface area contributed by atoms with Gasteiger partial charge in [0.1, 0.15) is 11.6 Å². The number of anilines is 1. The fourth-order valence-electron chi connectivity index (χ4n) is 1.32. The molecule has 0 bridgehead atoms. The summed E-state index contributed by atoms with van der Waals surface area (Å²) < 4.78 is 26.2. The Hall–Kier alpha value is -1.65. The van der Waals surface area contributed by atoms with Gasteiger partial charge in [-0.15, -0.1) is 0 Å². The van der Waals surface area contributed by atoms with Gasteiger partial charge in [0, 0.05) is 5.54 Å². The molecule has 1 rings (SSSR count). The topological polar surface area (TPSA) is 41.1 Å². The molecule has 1 aromatic rings. The van der Waals surface area contributed by atoms with Gasteiger partial charge in [0.25, 0.3) is 0 Å². The van der Waals surface area contributed by atoms with E-state index >= 15 is 0 Å². The summed E-state index contributed by atoms with van der Waals surface area (Å²) in [6.45, 7) is 5.66. The SMILES string of the molecule is CCC(C)(C)NC(=O)CNc1cc(F)ccc1F.